The van der Waals surface area contributed by atoms with Crippen LogP contribution in [0, 0.1) is 0 Å². The first-order chi connectivity index (χ1) is 46.6. The SMILES string of the molecule is C1=CCCC(N(c2ccc(-c3ccccc3)cc2)c2ccc(-c3ccc(N(c4ccccc4)c4ccc(C5=CC=C(C6=CC=C(N(C7=CCC(c8ccc(N(C9=CC=CCC9)c9ccc(-c%10ccccc%10)cc9)cc8)C=C7)c7ccccc7)CC6)CC5)cc4)cc3)cc2)=C1. The summed E-state index contributed by atoms with van der Waals surface area (Å²) in [7, 11) is 0. The van der Waals surface area contributed by atoms with E-state index in [1.54, 1.807) is 0 Å². The lowest BCUT2D eigenvalue weighted by molar-refractivity contribution is 0.815. The van der Waals surface area contributed by atoms with Gasteiger partial charge in [-0.25, -0.2) is 0 Å². The molecule has 0 saturated heterocycles. The molecule has 15 rings (SSSR count). The number of nitrogens with zero attached hydrogens (tertiary/aromatic N) is 4. The fourth-order valence-electron chi connectivity index (χ4n) is 14.0. The Labute approximate surface area is 555 Å². The molecule has 0 fully saturated rings. The van der Waals surface area contributed by atoms with Gasteiger partial charge in [0, 0.05) is 74.2 Å². The Kier molecular flexibility index (Phi) is 17.4. The number of hydrogen-bond donors (Lipinski definition) is 0. The molecule has 0 aliphatic heterocycles. The highest BCUT2D eigenvalue weighted by molar-refractivity contribution is 5.82. The van der Waals surface area contributed by atoms with E-state index in [0.29, 0.717) is 5.92 Å². The summed E-state index contributed by atoms with van der Waals surface area (Å²) in [6.45, 7) is 0. The van der Waals surface area contributed by atoms with Crippen LogP contribution in [-0.2, 0) is 0 Å². The molecule has 0 heterocycles. The van der Waals surface area contributed by atoms with Crippen LogP contribution in [0.2, 0.25) is 0 Å². The summed E-state index contributed by atoms with van der Waals surface area (Å²) in [4.78, 5) is 9.68. The summed E-state index contributed by atoms with van der Waals surface area (Å²) in [5.74, 6) is 0.299. The fourth-order valence-corrected chi connectivity index (χ4v) is 14.0. The van der Waals surface area contributed by atoms with E-state index >= 15 is 0 Å². The summed E-state index contributed by atoms with van der Waals surface area (Å²) >= 11 is 0. The Balaban J connectivity index is 0.614. The molecule has 0 aromatic heterocycles. The minimum atomic E-state index is 0.299. The summed E-state index contributed by atoms with van der Waals surface area (Å²) in [6, 6.07) is 97.4. The third-order valence-corrected chi connectivity index (χ3v) is 19.0. The van der Waals surface area contributed by atoms with Crippen LogP contribution in [0.5, 0.6) is 0 Å². The maximum Gasteiger partial charge on any atom is 0.0462 e. The average molecular weight is 1210 g/mol. The first-order valence-corrected chi connectivity index (χ1v) is 33.5. The second kappa shape index (κ2) is 27.7. The van der Waals surface area contributed by atoms with E-state index in [-0.39, 0.29) is 0 Å². The van der Waals surface area contributed by atoms with Crippen molar-refractivity contribution in [3.63, 3.8) is 0 Å². The van der Waals surface area contributed by atoms with Gasteiger partial charge in [-0.1, -0.05) is 225 Å². The van der Waals surface area contributed by atoms with E-state index in [2.05, 4.69) is 366 Å². The van der Waals surface area contributed by atoms with Crippen LogP contribution >= 0.6 is 0 Å². The molecule has 5 aliphatic carbocycles. The number of allylic oxidation sites excluding steroid dienone is 19. The van der Waals surface area contributed by atoms with Gasteiger partial charge in [0.15, 0.2) is 0 Å². The fraction of sp³-hybridized carbons (Fsp3) is 0.111. The summed E-state index contributed by atoms with van der Waals surface area (Å²) in [6.07, 6.45) is 39.2. The van der Waals surface area contributed by atoms with Crippen molar-refractivity contribution in [1.29, 1.82) is 0 Å². The average Bonchev–Trinajstić information content (AvgIpc) is 0.942. The van der Waals surface area contributed by atoms with E-state index in [0.717, 1.165) is 86.2 Å². The van der Waals surface area contributed by atoms with Crippen molar-refractivity contribution in [2.24, 2.45) is 0 Å². The van der Waals surface area contributed by atoms with Crippen LogP contribution in [0.15, 0.2) is 380 Å². The molecule has 0 spiro atoms. The minimum Gasteiger partial charge on any atom is -0.315 e. The molecule has 0 saturated carbocycles. The molecule has 4 heteroatoms. The summed E-state index contributed by atoms with van der Waals surface area (Å²) in [5, 5.41) is 0. The number of para-hydroxylation sites is 2. The van der Waals surface area contributed by atoms with Crippen LogP contribution in [0.3, 0.4) is 0 Å². The molecule has 1 atom stereocenters. The topological polar surface area (TPSA) is 13.0 Å². The Morgan fingerprint density at radius 1 is 0.255 bits per heavy atom. The second-order valence-electron chi connectivity index (χ2n) is 24.9. The Bertz CT molecular complexity index is 4600. The standard InChI is InChI=1S/C90H76N4/c1-7-19-67(20-8-1)71-35-51-83(52-36-71)91(79-23-11-3-12-24-79)87-59-43-75(44-60-87)77-47-63-89(64-48-77)93(81-27-15-5-16-28-81)85-55-39-73(40-56-85)69-31-33-70(34-32-69)74-41-57-86(58-42-74)94(82-29-17-6-18-30-82)90-65-49-78(50-66-90)76-45-61-88(62-46-76)92(80-25-13-4-14-26-80)84-53-37-72(38-54-84)68-21-9-2-10-22-68/h1-11,13,15-23,25,27-31,33,35-41,43-49,51-57,59-66,78H,12,14,24,26,32,34,42,50,58H2. The molecule has 0 radical (unpaired) electrons. The van der Waals surface area contributed by atoms with Gasteiger partial charge in [-0.3, -0.25) is 0 Å². The van der Waals surface area contributed by atoms with Gasteiger partial charge in [0.25, 0.3) is 0 Å². The molecule has 10 aromatic carbocycles. The Morgan fingerprint density at radius 2 is 0.596 bits per heavy atom. The van der Waals surface area contributed by atoms with Crippen LogP contribution < -0.4 is 19.6 Å². The second-order valence-corrected chi connectivity index (χ2v) is 24.9. The highest BCUT2D eigenvalue weighted by atomic mass is 15.2. The first kappa shape index (κ1) is 59.1. The molecular formula is C90H76N4. The van der Waals surface area contributed by atoms with Crippen molar-refractivity contribution in [1.82, 2.24) is 0 Å². The molecule has 94 heavy (non-hydrogen) atoms. The Morgan fingerprint density at radius 3 is 0.979 bits per heavy atom. The van der Waals surface area contributed by atoms with Gasteiger partial charge in [0.05, 0.1) is 0 Å². The van der Waals surface area contributed by atoms with Gasteiger partial charge in [0.2, 0.25) is 0 Å². The van der Waals surface area contributed by atoms with E-state index in [1.165, 1.54) is 101 Å². The number of hydrogen-bond acceptors (Lipinski definition) is 4. The first-order valence-electron chi connectivity index (χ1n) is 33.5. The van der Waals surface area contributed by atoms with Crippen LogP contribution in [-0.4, -0.2) is 0 Å². The lowest BCUT2D eigenvalue weighted by atomic mass is 9.86. The molecule has 456 valence electrons. The maximum atomic E-state index is 2.48. The van der Waals surface area contributed by atoms with E-state index < -0.39 is 0 Å². The van der Waals surface area contributed by atoms with Gasteiger partial charge in [-0.05, 0) is 240 Å². The number of anilines is 8. The molecule has 0 N–H and O–H groups in total. The third kappa shape index (κ3) is 13.0. The summed E-state index contributed by atoms with van der Waals surface area (Å²) in [5.41, 5.74) is 28.6. The van der Waals surface area contributed by atoms with Gasteiger partial charge >= 0.3 is 0 Å². The lowest BCUT2D eigenvalue weighted by Crippen LogP contribution is -2.23. The smallest absolute Gasteiger partial charge is 0.0462 e. The van der Waals surface area contributed by atoms with Crippen molar-refractivity contribution in [3.8, 4) is 33.4 Å². The van der Waals surface area contributed by atoms with Crippen molar-refractivity contribution < 1.29 is 0 Å². The predicted molar refractivity (Wildman–Crippen MR) is 398 cm³/mol. The highest BCUT2D eigenvalue weighted by Gasteiger charge is 2.25. The maximum absolute atomic E-state index is 2.48. The molecule has 5 aliphatic rings. The Hall–Kier alpha value is -11.2. The van der Waals surface area contributed by atoms with Gasteiger partial charge in [0.1, 0.15) is 0 Å². The lowest BCUT2D eigenvalue weighted by Gasteiger charge is -2.33. The van der Waals surface area contributed by atoms with Gasteiger partial charge < -0.3 is 19.6 Å². The van der Waals surface area contributed by atoms with Crippen molar-refractivity contribution in [2.75, 3.05) is 19.6 Å². The van der Waals surface area contributed by atoms with E-state index in [1.807, 2.05) is 0 Å². The van der Waals surface area contributed by atoms with E-state index in [9.17, 15) is 0 Å². The zero-order valence-electron chi connectivity index (χ0n) is 53.1. The molecule has 10 aromatic rings. The molecule has 0 amide bonds. The number of rotatable bonds is 18. The molecule has 1 unspecified atom stereocenters. The van der Waals surface area contributed by atoms with Crippen molar-refractivity contribution in [2.45, 2.75) is 63.7 Å². The molecule has 0 bridgehead atoms. The van der Waals surface area contributed by atoms with Crippen LogP contribution in [0.4, 0.5) is 45.5 Å². The quantitative estimate of drug-likeness (QED) is 0.0849. The monoisotopic (exact) mass is 1210 g/mol. The van der Waals surface area contributed by atoms with Crippen molar-refractivity contribution in [3.05, 3.63) is 391 Å². The molecular weight excluding hydrogens is 1140 g/mol. The van der Waals surface area contributed by atoms with Crippen LogP contribution in [0.25, 0.3) is 39.0 Å². The highest BCUT2D eigenvalue weighted by Crippen LogP contribution is 2.43. The largest absolute Gasteiger partial charge is 0.315 e. The predicted octanol–water partition coefficient (Wildman–Crippen LogP) is 24.7. The zero-order chi connectivity index (χ0) is 62.8. The van der Waals surface area contributed by atoms with Crippen molar-refractivity contribution >= 4 is 51.1 Å². The molecule has 4 nitrogen and oxygen atoms in total. The number of benzene rings is 10. The van der Waals surface area contributed by atoms with Crippen LogP contribution in [0.1, 0.15) is 74.8 Å². The zero-order valence-corrected chi connectivity index (χ0v) is 53.1. The third-order valence-electron chi connectivity index (χ3n) is 19.0. The summed E-state index contributed by atoms with van der Waals surface area (Å²) < 4.78 is 0. The van der Waals surface area contributed by atoms with Gasteiger partial charge in [-0.15, -0.1) is 0 Å². The van der Waals surface area contributed by atoms with E-state index in [4.69, 9.17) is 0 Å². The normalized spacial score (nSPS) is 15.9. The minimum absolute atomic E-state index is 0.299. The van der Waals surface area contributed by atoms with Gasteiger partial charge in [-0.2, -0.15) is 0 Å².